The number of carbonyl (C=O) groups excluding carboxylic acids is 1. The molecule has 1 aromatic carbocycles. The molecule has 0 spiro atoms. The summed E-state index contributed by atoms with van der Waals surface area (Å²) < 4.78 is 1.62. The summed E-state index contributed by atoms with van der Waals surface area (Å²) in [6, 6.07) is 8.36. The molecular weight excluding hydrogens is 358 g/mol. The SMILES string of the molecule is Cc1cccc(Cc2c(C)nc(SCCCC(=O)NC(C)C)n(C)c2=O)c1. The number of hydrogen-bond donors (Lipinski definition) is 1. The molecule has 1 aromatic heterocycles. The molecule has 0 saturated heterocycles. The molecule has 0 unspecified atom stereocenters. The average molecular weight is 388 g/mol. The summed E-state index contributed by atoms with van der Waals surface area (Å²) in [7, 11) is 1.77. The summed E-state index contributed by atoms with van der Waals surface area (Å²) in [6.07, 6.45) is 1.83. The van der Waals surface area contributed by atoms with Crippen molar-refractivity contribution < 1.29 is 4.79 Å². The highest BCUT2D eigenvalue weighted by Gasteiger charge is 2.13. The van der Waals surface area contributed by atoms with Crippen molar-refractivity contribution in [2.75, 3.05) is 5.75 Å². The van der Waals surface area contributed by atoms with Gasteiger partial charge in [0.15, 0.2) is 5.16 Å². The van der Waals surface area contributed by atoms with Gasteiger partial charge in [-0.15, -0.1) is 0 Å². The van der Waals surface area contributed by atoms with Gasteiger partial charge >= 0.3 is 0 Å². The monoisotopic (exact) mass is 387 g/mol. The van der Waals surface area contributed by atoms with Gasteiger partial charge < -0.3 is 5.32 Å². The van der Waals surface area contributed by atoms with Crippen molar-refractivity contribution in [2.45, 2.75) is 58.2 Å². The van der Waals surface area contributed by atoms with E-state index in [1.54, 1.807) is 11.6 Å². The van der Waals surface area contributed by atoms with Gasteiger partial charge in [-0.2, -0.15) is 0 Å². The zero-order valence-corrected chi connectivity index (χ0v) is 17.7. The van der Waals surface area contributed by atoms with Gasteiger partial charge in [0, 0.05) is 42.9 Å². The van der Waals surface area contributed by atoms with E-state index in [2.05, 4.69) is 16.4 Å². The Balaban J connectivity index is 2.03. The minimum atomic E-state index is 0.00376. The number of nitrogens with one attached hydrogen (secondary N) is 1. The lowest BCUT2D eigenvalue weighted by Gasteiger charge is -2.12. The maximum atomic E-state index is 12.8. The van der Waals surface area contributed by atoms with E-state index in [0.717, 1.165) is 29.0 Å². The van der Waals surface area contributed by atoms with Gasteiger partial charge in [-0.3, -0.25) is 14.2 Å². The third-order valence-electron chi connectivity index (χ3n) is 4.24. The van der Waals surface area contributed by atoms with E-state index in [1.807, 2.05) is 45.9 Å². The Morgan fingerprint density at radius 3 is 2.70 bits per heavy atom. The van der Waals surface area contributed by atoms with Crippen molar-refractivity contribution in [2.24, 2.45) is 7.05 Å². The summed E-state index contributed by atoms with van der Waals surface area (Å²) in [5.74, 6) is 0.819. The molecule has 1 N–H and O–H groups in total. The first-order valence-corrected chi connectivity index (χ1v) is 10.3. The van der Waals surface area contributed by atoms with Gasteiger partial charge in [0.25, 0.3) is 5.56 Å². The molecule has 0 saturated carbocycles. The highest BCUT2D eigenvalue weighted by molar-refractivity contribution is 7.99. The normalized spacial score (nSPS) is 11.0. The van der Waals surface area contributed by atoms with Gasteiger partial charge in [0.05, 0.1) is 0 Å². The lowest BCUT2D eigenvalue weighted by atomic mass is 10.0. The lowest BCUT2D eigenvalue weighted by Crippen LogP contribution is -2.29. The molecule has 0 radical (unpaired) electrons. The van der Waals surface area contributed by atoms with Crippen LogP contribution in [0, 0.1) is 13.8 Å². The Hall–Kier alpha value is -2.08. The molecule has 0 aliphatic heterocycles. The fourth-order valence-electron chi connectivity index (χ4n) is 2.88. The zero-order chi connectivity index (χ0) is 20.0. The first-order chi connectivity index (χ1) is 12.8. The van der Waals surface area contributed by atoms with Crippen LogP contribution in [-0.4, -0.2) is 27.3 Å². The van der Waals surface area contributed by atoms with E-state index in [-0.39, 0.29) is 17.5 Å². The van der Waals surface area contributed by atoms with Crippen LogP contribution in [0.2, 0.25) is 0 Å². The molecule has 0 aliphatic carbocycles. The molecule has 0 atom stereocenters. The van der Waals surface area contributed by atoms with Crippen LogP contribution in [0.3, 0.4) is 0 Å². The predicted molar refractivity (Wildman–Crippen MR) is 111 cm³/mol. The smallest absolute Gasteiger partial charge is 0.257 e. The Kier molecular flexibility index (Phi) is 7.66. The second kappa shape index (κ2) is 9.74. The Bertz CT molecular complexity index is 859. The van der Waals surface area contributed by atoms with Crippen LogP contribution in [0.4, 0.5) is 0 Å². The van der Waals surface area contributed by atoms with Crippen LogP contribution in [0.15, 0.2) is 34.2 Å². The molecule has 2 rings (SSSR count). The number of rotatable bonds is 8. The number of hydrogen-bond acceptors (Lipinski definition) is 4. The minimum Gasteiger partial charge on any atom is -0.354 e. The summed E-state index contributed by atoms with van der Waals surface area (Å²) in [6.45, 7) is 7.85. The van der Waals surface area contributed by atoms with Gasteiger partial charge in [0.1, 0.15) is 0 Å². The molecule has 1 amide bonds. The van der Waals surface area contributed by atoms with Crippen molar-refractivity contribution >= 4 is 17.7 Å². The highest BCUT2D eigenvalue weighted by atomic mass is 32.2. The van der Waals surface area contributed by atoms with Crippen molar-refractivity contribution in [3.63, 3.8) is 0 Å². The molecule has 146 valence electrons. The minimum absolute atomic E-state index is 0.00376. The molecule has 0 bridgehead atoms. The maximum absolute atomic E-state index is 12.8. The molecule has 0 fully saturated rings. The third kappa shape index (κ3) is 6.24. The van der Waals surface area contributed by atoms with Crippen LogP contribution in [0.1, 0.15) is 49.1 Å². The molecule has 6 heteroatoms. The number of benzene rings is 1. The van der Waals surface area contributed by atoms with Crippen molar-refractivity contribution in [3.05, 3.63) is 57.0 Å². The summed E-state index contributed by atoms with van der Waals surface area (Å²) in [4.78, 5) is 29.1. The van der Waals surface area contributed by atoms with Crippen molar-refractivity contribution in [3.8, 4) is 0 Å². The molecule has 2 aromatic rings. The number of aromatic nitrogens is 2. The Labute approximate surface area is 165 Å². The van der Waals surface area contributed by atoms with E-state index in [0.29, 0.717) is 18.0 Å². The summed E-state index contributed by atoms with van der Waals surface area (Å²) in [5.41, 5.74) is 3.82. The van der Waals surface area contributed by atoms with Crippen molar-refractivity contribution in [1.29, 1.82) is 0 Å². The topological polar surface area (TPSA) is 64.0 Å². The summed E-state index contributed by atoms with van der Waals surface area (Å²) >= 11 is 1.53. The number of thioether (sulfide) groups is 1. The molecule has 27 heavy (non-hydrogen) atoms. The van der Waals surface area contributed by atoms with E-state index in [9.17, 15) is 9.59 Å². The van der Waals surface area contributed by atoms with Crippen LogP contribution >= 0.6 is 11.8 Å². The number of amides is 1. The Morgan fingerprint density at radius 2 is 2.04 bits per heavy atom. The quantitative estimate of drug-likeness (QED) is 0.428. The first-order valence-electron chi connectivity index (χ1n) is 9.32. The van der Waals surface area contributed by atoms with Crippen LogP contribution in [-0.2, 0) is 18.3 Å². The first kappa shape index (κ1) is 21.2. The van der Waals surface area contributed by atoms with Gasteiger partial charge in [0.2, 0.25) is 5.91 Å². The van der Waals surface area contributed by atoms with Crippen LogP contribution in [0.5, 0.6) is 0 Å². The lowest BCUT2D eigenvalue weighted by molar-refractivity contribution is -0.121. The third-order valence-corrected chi connectivity index (χ3v) is 5.36. The van der Waals surface area contributed by atoms with E-state index in [4.69, 9.17) is 0 Å². The fourth-order valence-corrected chi connectivity index (χ4v) is 3.83. The standard InChI is InChI=1S/C21H29N3O2S/c1-14(2)22-19(25)10-7-11-27-21-23-16(4)18(20(26)24(21)5)13-17-9-6-8-15(3)12-17/h6,8-9,12,14H,7,10-11,13H2,1-5H3,(H,22,25). The second-order valence-corrected chi connectivity index (χ2v) is 8.22. The van der Waals surface area contributed by atoms with Gasteiger partial charge in [-0.25, -0.2) is 4.98 Å². The fraction of sp³-hybridized carbons (Fsp3) is 0.476. The number of nitrogens with zero attached hydrogens (tertiary/aromatic N) is 2. The van der Waals surface area contributed by atoms with E-state index >= 15 is 0 Å². The predicted octanol–water partition coefficient (Wildman–Crippen LogP) is 3.38. The second-order valence-electron chi connectivity index (χ2n) is 7.16. The number of carbonyl (C=O) groups is 1. The van der Waals surface area contributed by atoms with Gasteiger partial charge in [-0.1, -0.05) is 41.6 Å². The molecule has 0 aliphatic rings. The molecule has 5 nitrogen and oxygen atoms in total. The Morgan fingerprint density at radius 1 is 1.30 bits per heavy atom. The average Bonchev–Trinajstić information content (AvgIpc) is 2.59. The molecular formula is C21H29N3O2S. The summed E-state index contributed by atoms with van der Waals surface area (Å²) in [5, 5.41) is 3.59. The number of aryl methyl sites for hydroxylation is 2. The molecule has 1 heterocycles. The largest absolute Gasteiger partial charge is 0.354 e. The van der Waals surface area contributed by atoms with E-state index < -0.39 is 0 Å². The van der Waals surface area contributed by atoms with Crippen LogP contribution < -0.4 is 10.9 Å². The highest BCUT2D eigenvalue weighted by Crippen LogP contribution is 2.18. The van der Waals surface area contributed by atoms with E-state index in [1.165, 1.54) is 17.3 Å². The zero-order valence-electron chi connectivity index (χ0n) is 16.8. The van der Waals surface area contributed by atoms with Gasteiger partial charge in [-0.05, 0) is 39.7 Å². The van der Waals surface area contributed by atoms with Crippen LogP contribution in [0.25, 0.3) is 0 Å². The maximum Gasteiger partial charge on any atom is 0.257 e. The van der Waals surface area contributed by atoms with Crippen molar-refractivity contribution in [1.82, 2.24) is 14.9 Å².